The van der Waals surface area contributed by atoms with Gasteiger partial charge in [0, 0.05) is 9.75 Å². The van der Waals surface area contributed by atoms with Gasteiger partial charge in [-0.1, -0.05) is 41.5 Å². The van der Waals surface area contributed by atoms with Crippen molar-refractivity contribution in [1.82, 2.24) is 0 Å². The molecule has 0 unspecified atom stereocenters. The summed E-state index contributed by atoms with van der Waals surface area (Å²) in [5.41, 5.74) is 2.55. The van der Waals surface area contributed by atoms with Crippen LogP contribution in [0, 0.1) is 0 Å². The number of nitrogens with zero attached hydrogens (tertiary/aromatic N) is 2. The summed E-state index contributed by atoms with van der Waals surface area (Å²) in [6.45, 7) is 13.4. The van der Waals surface area contributed by atoms with Crippen molar-refractivity contribution in [1.29, 1.82) is 0 Å². The molecule has 0 radical (unpaired) electrons. The Bertz CT molecular complexity index is 452. The number of hydrogen-bond acceptors (Lipinski definition) is 3. The van der Waals surface area contributed by atoms with Crippen molar-refractivity contribution < 1.29 is 0 Å². The van der Waals surface area contributed by atoms with Gasteiger partial charge in [0.2, 0.25) is 0 Å². The third kappa shape index (κ3) is 1.89. The van der Waals surface area contributed by atoms with E-state index in [1.165, 1.54) is 21.1 Å². The van der Waals surface area contributed by atoms with Crippen molar-refractivity contribution in [2.75, 3.05) is 0 Å². The SMILES string of the molecule is CC(C)(C)c1sc(C(C)(C)C)c2c1N=S=N2. The lowest BCUT2D eigenvalue weighted by Crippen LogP contribution is -2.10. The Labute approximate surface area is 105 Å². The number of thiophene rings is 1. The van der Waals surface area contributed by atoms with Crippen LogP contribution in [0.3, 0.4) is 0 Å². The van der Waals surface area contributed by atoms with Gasteiger partial charge in [-0.15, -0.1) is 11.3 Å². The van der Waals surface area contributed by atoms with Gasteiger partial charge in [-0.05, 0) is 10.8 Å². The summed E-state index contributed by atoms with van der Waals surface area (Å²) in [5.74, 6) is 0. The van der Waals surface area contributed by atoms with Gasteiger partial charge in [0.15, 0.2) is 0 Å². The monoisotopic (exact) mass is 254 g/mol. The third-order valence-electron chi connectivity index (χ3n) is 2.49. The molecular formula is C12H18N2S2. The Hall–Kier alpha value is -0.480. The molecule has 0 fully saturated rings. The quantitative estimate of drug-likeness (QED) is 0.627. The number of hydrogen-bond donors (Lipinski definition) is 0. The first-order valence-corrected chi connectivity index (χ1v) is 7.02. The van der Waals surface area contributed by atoms with E-state index < -0.39 is 0 Å². The molecule has 0 N–H and O–H groups in total. The highest BCUT2D eigenvalue weighted by Crippen LogP contribution is 2.52. The van der Waals surface area contributed by atoms with Crippen LogP contribution in [-0.4, -0.2) is 0 Å². The minimum absolute atomic E-state index is 0.155. The van der Waals surface area contributed by atoms with Gasteiger partial charge in [-0.25, -0.2) is 0 Å². The number of rotatable bonds is 0. The standard InChI is InChI=1S/C12H18N2S2/c1-11(2,3)9-7-8(14-16-13-7)10(15-9)12(4,5)6/h1-6H3. The van der Waals surface area contributed by atoms with Gasteiger partial charge < -0.3 is 0 Å². The second-order valence-corrected chi connectivity index (χ2v) is 7.77. The van der Waals surface area contributed by atoms with Crippen molar-refractivity contribution in [3.8, 4) is 0 Å². The van der Waals surface area contributed by atoms with Crippen LogP contribution in [0.2, 0.25) is 0 Å². The smallest absolute Gasteiger partial charge is 0.119 e. The molecule has 2 heterocycles. The maximum atomic E-state index is 4.46. The normalized spacial score (nSPS) is 15.1. The van der Waals surface area contributed by atoms with Gasteiger partial charge >= 0.3 is 0 Å². The lowest BCUT2D eigenvalue weighted by atomic mass is 9.91. The summed E-state index contributed by atoms with van der Waals surface area (Å²) in [6, 6.07) is 0. The maximum absolute atomic E-state index is 4.46. The summed E-state index contributed by atoms with van der Waals surface area (Å²) in [7, 11) is 0. The van der Waals surface area contributed by atoms with Gasteiger partial charge in [0.25, 0.3) is 0 Å². The summed E-state index contributed by atoms with van der Waals surface area (Å²) < 4.78 is 8.92. The van der Waals surface area contributed by atoms with Crippen LogP contribution in [0.25, 0.3) is 0 Å². The van der Waals surface area contributed by atoms with Crippen LogP contribution in [-0.2, 0) is 22.2 Å². The van der Waals surface area contributed by atoms with Crippen molar-refractivity contribution >= 4 is 34.1 Å². The van der Waals surface area contributed by atoms with Gasteiger partial charge in [0.1, 0.15) is 11.4 Å². The molecule has 0 aliphatic carbocycles. The molecule has 1 aromatic heterocycles. The van der Waals surface area contributed by atoms with Crippen molar-refractivity contribution in [3.05, 3.63) is 9.75 Å². The zero-order valence-corrected chi connectivity index (χ0v) is 12.3. The zero-order valence-electron chi connectivity index (χ0n) is 10.7. The van der Waals surface area contributed by atoms with Gasteiger partial charge in [-0.2, -0.15) is 8.73 Å². The Balaban J connectivity index is 2.66. The average molecular weight is 254 g/mol. The van der Waals surface area contributed by atoms with Crippen LogP contribution < -0.4 is 0 Å². The highest BCUT2D eigenvalue weighted by molar-refractivity contribution is 7.58. The molecule has 0 atom stereocenters. The first-order chi connectivity index (χ1) is 7.21. The molecule has 1 aliphatic rings. The summed E-state index contributed by atoms with van der Waals surface area (Å²) in [6.07, 6.45) is 0. The summed E-state index contributed by atoms with van der Waals surface area (Å²) in [5, 5.41) is 0. The second-order valence-electron chi connectivity index (χ2n) is 6.22. The van der Waals surface area contributed by atoms with E-state index >= 15 is 0 Å². The van der Waals surface area contributed by atoms with Crippen LogP contribution in [0.5, 0.6) is 0 Å². The fourth-order valence-corrected chi connectivity index (χ4v) is 3.67. The van der Waals surface area contributed by atoms with Crippen LogP contribution in [0.1, 0.15) is 51.3 Å². The van der Waals surface area contributed by atoms with Crippen LogP contribution in [0.4, 0.5) is 11.4 Å². The molecule has 0 saturated carbocycles. The highest BCUT2D eigenvalue weighted by Gasteiger charge is 2.32. The van der Waals surface area contributed by atoms with E-state index in [0.717, 1.165) is 11.4 Å². The Morgan fingerprint density at radius 1 is 0.750 bits per heavy atom. The summed E-state index contributed by atoms with van der Waals surface area (Å²) in [4.78, 5) is 2.72. The molecular weight excluding hydrogens is 236 g/mol. The topological polar surface area (TPSA) is 24.7 Å². The van der Waals surface area contributed by atoms with Gasteiger partial charge in [0.05, 0.1) is 11.4 Å². The fourth-order valence-electron chi connectivity index (χ4n) is 1.70. The lowest BCUT2D eigenvalue weighted by Gasteiger charge is -2.18. The molecule has 2 rings (SSSR count). The van der Waals surface area contributed by atoms with E-state index in [-0.39, 0.29) is 10.8 Å². The van der Waals surface area contributed by atoms with E-state index in [1.807, 2.05) is 11.3 Å². The summed E-state index contributed by atoms with van der Waals surface area (Å²) >= 11 is 3.20. The first kappa shape index (κ1) is 12.0. The van der Waals surface area contributed by atoms with E-state index in [2.05, 4.69) is 50.3 Å². The third-order valence-corrected chi connectivity index (χ3v) is 5.03. The van der Waals surface area contributed by atoms with Crippen molar-refractivity contribution in [3.63, 3.8) is 0 Å². The number of fused-ring (bicyclic) bond motifs is 1. The van der Waals surface area contributed by atoms with E-state index in [9.17, 15) is 0 Å². The zero-order chi connectivity index (χ0) is 12.1. The fraction of sp³-hybridized carbons (Fsp3) is 0.667. The predicted molar refractivity (Wildman–Crippen MR) is 73.3 cm³/mol. The Kier molecular flexibility index (Phi) is 2.63. The lowest BCUT2D eigenvalue weighted by molar-refractivity contribution is 0.602. The molecule has 16 heavy (non-hydrogen) atoms. The maximum Gasteiger partial charge on any atom is 0.119 e. The van der Waals surface area contributed by atoms with Crippen LogP contribution >= 0.6 is 11.3 Å². The van der Waals surface area contributed by atoms with Crippen molar-refractivity contribution in [2.45, 2.75) is 52.4 Å². The molecule has 1 aliphatic heterocycles. The molecule has 0 spiro atoms. The molecule has 2 nitrogen and oxygen atoms in total. The molecule has 0 aromatic carbocycles. The molecule has 0 saturated heterocycles. The van der Waals surface area contributed by atoms with E-state index in [0.29, 0.717) is 0 Å². The molecule has 1 aromatic rings. The largest absolute Gasteiger partial charge is 0.172 e. The van der Waals surface area contributed by atoms with Gasteiger partial charge in [-0.3, -0.25) is 0 Å². The molecule has 0 bridgehead atoms. The Morgan fingerprint density at radius 2 is 1.12 bits per heavy atom. The first-order valence-electron chi connectivity index (χ1n) is 5.47. The van der Waals surface area contributed by atoms with E-state index in [1.54, 1.807) is 0 Å². The molecule has 88 valence electrons. The predicted octanol–water partition coefficient (Wildman–Crippen LogP) is 5.07. The van der Waals surface area contributed by atoms with E-state index in [4.69, 9.17) is 0 Å². The minimum atomic E-state index is 0.155. The highest BCUT2D eigenvalue weighted by atomic mass is 32.1. The second kappa shape index (κ2) is 3.50. The van der Waals surface area contributed by atoms with Crippen molar-refractivity contribution in [2.24, 2.45) is 8.73 Å². The van der Waals surface area contributed by atoms with Crippen LogP contribution in [0.15, 0.2) is 8.73 Å². The average Bonchev–Trinajstić information content (AvgIpc) is 2.54. The Morgan fingerprint density at radius 3 is 1.44 bits per heavy atom. The molecule has 0 amide bonds. The minimum Gasteiger partial charge on any atom is -0.172 e. The molecule has 4 heteroatoms.